The Bertz CT molecular complexity index is 832. The van der Waals surface area contributed by atoms with Crippen molar-refractivity contribution in [1.29, 1.82) is 0 Å². The molecule has 0 aromatic heterocycles. The fourth-order valence-electron chi connectivity index (χ4n) is 2.11. The van der Waals surface area contributed by atoms with E-state index < -0.39 is 5.82 Å². The summed E-state index contributed by atoms with van der Waals surface area (Å²) in [4.78, 5) is 4.28. The summed E-state index contributed by atoms with van der Waals surface area (Å²) in [6.45, 7) is 0.530. The molecule has 0 aliphatic rings. The Labute approximate surface area is 145 Å². The van der Waals surface area contributed by atoms with Gasteiger partial charge in [-0.2, -0.15) is 0 Å². The molecule has 120 valence electrons. The fourth-order valence-corrected chi connectivity index (χ4v) is 2.28. The van der Waals surface area contributed by atoms with Crippen LogP contribution in [0.2, 0.25) is 5.02 Å². The molecule has 0 aliphatic carbocycles. The van der Waals surface area contributed by atoms with Crippen molar-refractivity contribution in [1.82, 2.24) is 0 Å². The highest BCUT2D eigenvalue weighted by Gasteiger charge is 1.99. The van der Waals surface area contributed by atoms with Crippen LogP contribution in [0.25, 0.3) is 0 Å². The first-order chi connectivity index (χ1) is 11.7. The molecule has 0 bridgehead atoms. The first kappa shape index (κ1) is 16.2. The van der Waals surface area contributed by atoms with Gasteiger partial charge in [-0.25, -0.2) is 4.39 Å². The van der Waals surface area contributed by atoms with Gasteiger partial charge in [0.05, 0.1) is 10.7 Å². The summed E-state index contributed by atoms with van der Waals surface area (Å²) in [7, 11) is 0. The smallest absolute Gasteiger partial charge is 0.141 e. The maximum absolute atomic E-state index is 13.1. The van der Waals surface area contributed by atoms with Gasteiger partial charge in [0, 0.05) is 6.21 Å². The van der Waals surface area contributed by atoms with Crippen molar-refractivity contribution >= 4 is 23.5 Å². The van der Waals surface area contributed by atoms with E-state index in [1.54, 1.807) is 12.3 Å². The van der Waals surface area contributed by atoms with E-state index in [4.69, 9.17) is 16.3 Å². The van der Waals surface area contributed by atoms with Crippen LogP contribution in [-0.2, 0) is 6.61 Å². The van der Waals surface area contributed by atoms with E-state index in [1.165, 1.54) is 12.1 Å². The molecular formula is C20H15ClFNO. The number of nitrogens with zero attached hydrogens (tertiary/aromatic N) is 1. The summed E-state index contributed by atoms with van der Waals surface area (Å²) < 4.78 is 18.8. The van der Waals surface area contributed by atoms with Gasteiger partial charge in [0.1, 0.15) is 18.2 Å². The first-order valence-electron chi connectivity index (χ1n) is 7.46. The summed E-state index contributed by atoms with van der Waals surface area (Å²) in [5.74, 6) is 0.344. The lowest BCUT2D eigenvalue weighted by Crippen LogP contribution is -1.94. The molecule has 4 heteroatoms. The van der Waals surface area contributed by atoms with Gasteiger partial charge in [-0.3, -0.25) is 4.99 Å². The summed E-state index contributed by atoms with van der Waals surface area (Å²) >= 11 is 5.74. The molecule has 0 amide bonds. The lowest BCUT2D eigenvalue weighted by Gasteiger charge is -2.06. The van der Waals surface area contributed by atoms with Crippen LogP contribution in [0, 0.1) is 5.82 Å². The predicted molar refractivity (Wildman–Crippen MR) is 95.9 cm³/mol. The molecule has 3 aromatic carbocycles. The van der Waals surface area contributed by atoms with Gasteiger partial charge in [0.25, 0.3) is 0 Å². The average Bonchev–Trinajstić information content (AvgIpc) is 2.63. The van der Waals surface area contributed by atoms with Gasteiger partial charge in [-0.05, 0) is 53.6 Å². The number of ether oxygens (including phenoxy) is 1. The molecule has 0 saturated carbocycles. The Balaban J connectivity index is 1.61. The Morgan fingerprint density at radius 2 is 1.71 bits per heavy atom. The quantitative estimate of drug-likeness (QED) is 0.537. The van der Waals surface area contributed by atoms with Crippen molar-refractivity contribution < 1.29 is 9.13 Å². The van der Waals surface area contributed by atoms with Crippen LogP contribution in [0.3, 0.4) is 0 Å². The monoisotopic (exact) mass is 339 g/mol. The third kappa shape index (κ3) is 4.43. The maximum Gasteiger partial charge on any atom is 0.141 e. The second kappa shape index (κ2) is 7.75. The highest BCUT2D eigenvalue weighted by molar-refractivity contribution is 6.31. The standard InChI is InChI=1S/C20H15ClFNO/c21-19-12-17(8-11-20(19)22)23-13-15-6-9-18(10-7-15)24-14-16-4-2-1-3-5-16/h1-13H,14H2. The van der Waals surface area contributed by atoms with E-state index in [0.29, 0.717) is 12.3 Å². The van der Waals surface area contributed by atoms with Crippen molar-refractivity contribution in [2.75, 3.05) is 0 Å². The van der Waals surface area contributed by atoms with Gasteiger partial charge in [-0.1, -0.05) is 41.9 Å². The number of halogens is 2. The number of aliphatic imine (C=N–C) groups is 1. The minimum absolute atomic E-state index is 0.0642. The molecule has 0 spiro atoms. The van der Waals surface area contributed by atoms with E-state index >= 15 is 0 Å². The van der Waals surface area contributed by atoms with Crippen molar-refractivity contribution in [3.63, 3.8) is 0 Å². The third-order valence-corrected chi connectivity index (χ3v) is 3.68. The van der Waals surface area contributed by atoms with E-state index in [1.807, 2.05) is 54.6 Å². The van der Waals surface area contributed by atoms with E-state index in [0.717, 1.165) is 16.9 Å². The van der Waals surface area contributed by atoms with Gasteiger partial charge in [0.15, 0.2) is 0 Å². The predicted octanol–water partition coefficient (Wildman–Crippen LogP) is 5.81. The molecule has 3 rings (SSSR count). The second-order valence-electron chi connectivity index (χ2n) is 5.20. The zero-order chi connectivity index (χ0) is 16.8. The Morgan fingerprint density at radius 1 is 0.958 bits per heavy atom. The molecule has 3 aromatic rings. The van der Waals surface area contributed by atoms with Crippen LogP contribution in [0.5, 0.6) is 5.75 Å². The largest absolute Gasteiger partial charge is 0.489 e. The van der Waals surface area contributed by atoms with Crippen LogP contribution in [0.1, 0.15) is 11.1 Å². The molecule has 0 unspecified atom stereocenters. The maximum atomic E-state index is 13.1. The fraction of sp³-hybridized carbons (Fsp3) is 0.0500. The molecule has 0 aliphatic heterocycles. The second-order valence-corrected chi connectivity index (χ2v) is 5.61. The van der Waals surface area contributed by atoms with Crippen LogP contribution in [0.4, 0.5) is 10.1 Å². The van der Waals surface area contributed by atoms with Crippen LogP contribution in [0.15, 0.2) is 77.8 Å². The highest BCUT2D eigenvalue weighted by atomic mass is 35.5. The first-order valence-corrected chi connectivity index (χ1v) is 7.84. The van der Waals surface area contributed by atoms with E-state index in [2.05, 4.69) is 4.99 Å². The van der Waals surface area contributed by atoms with Crippen molar-refractivity contribution in [2.45, 2.75) is 6.61 Å². The Kier molecular flexibility index (Phi) is 5.24. The number of hydrogen-bond donors (Lipinski definition) is 0. The van der Waals surface area contributed by atoms with Crippen molar-refractivity contribution in [3.8, 4) is 5.75 Å². The lowest BCUT2D eigenvalue weighted by atomic mass is 10.2. The SMILES string of the molecule is Fc1ccc(N=Cc2ccc(OCc3ccccc3)cc2)cc1Cl. The van der Waals surface area contributed by atoms with Crippen LogP contribution in [-0.4, -0.2) is 6.21 Å². The van der Waals surface area contributed by atoms with Gasteiger partial charge >= 0.3 is 0 Å². The van der Waals surface area contributed by atoms with Gasteiger partial charge in [-0.15, -0.1) is 0 Å². The summed E-state index contributed by atoms with van der Waals surface area (Å²) in [6, 6.07) is 22.0. The molecule has 0 N–H and O–H groups in total. The normalized spacial score (nSPS) is 10.9. The average molecular weight is 340 g/mol. The summed E-state index contributed by atoms with van der Waals surface area (Å²) in [6.07, 6.45) is 1.70. The lowest BCUT2D eigenvalue weighted by molar-refractivity contribution is 0.306. The molecule has 0 fully saturated rings. The molecule has 24 heavy (non-hydrogen) atoms. The molecule has 0 radical (unpaired) electrons. The minimum atomic E-state index is -0.449. The van der Waals surface area contributed by atoms with Crippen molar-refractivity contribution in [3.05, 3.63) is 94.8 Å². The zero-order valence-electron chi connectivity index (χ0n) is 12.8. The molecule has 0 atom stereocenters. The van der Waals surface area contributed by atoms with E-state index in [9.17, 15) is 4.39 Å². The Morgan fingerprint density at radius 3 is 2.42 bits per heavy atom. The molecule has 0 heterocycles. The molecular weight excluding hydrogens is 325 g/mol. The highest BCUT2D eigenvalue weighted by Crippen LogP contribution is 2.21. The summed E-state index contributed by atoms with van der Waals surface area (Å²) in [5, 5.41) is 0.0642. The number of hydrogen-bond acceptors (Lipinski definition) is 2. The topological polar surface area (TPSA) is 21.6 Å². The van der Waals surface area contributed by atoms with E-state index in [-0.39, 0.29) is 5.02 Å². The summed E-state index contributed by atoms with van der Waals surface area (Å²) in [5.41, 5.74) is 2.64. The number of benzene rings is 3. The minimum Gasteiger partial charge on any atom is -0.489 e. The van der Waals surface area contributed by atoms with Crippen molar-refractivity contribution in [2.24, 2.45) is 4.99 Å². The van der Waals surface area contributed by atoms with Crippen LogP contribution < -0.4 is 4.74 Å². The van der Waals surface area contributed by atoms with Crippen LogP contribution >= 0.6 is 11.6 Å². The molecule has 0 saturated heterocycles. The number of rotatable bonds is 5. The zero-order valence-corrected chi connectivity index (χ0v) is 13.6. The van der Waals surface area contributed by atoms with Gasteiger partial charge < -0.3 is 4.74 Å². The third-order valence-electron chi connectivity index (χ3n) is 3.39. The molecule has 2 nitrogen and oxygen atoms in total. The van der Waals surface area contributed by atoms with Gasteiger partial charge in [0.2, 0.25) is 0 Å². The Hall–Kier alpha value is -2.65.